The van der Waals surface area contributed by atoms with Gasteiger partial charge in [0, 0.05) is 22.8 Å². The molecular formula is C25H20N2O4. The number of rotatable bonds is 6. The van der Waals surface area contributed by atoms with E-state index in [0.717, 1.165) is 11.1 Å². The molecular weight excluding hydrogens is 392 g/mol. The average Bonchev–Trinajstić information content (AvgIpc) is 2.80. The second-order valence-corrected chi connectivity index (χ2v) is 6.84. The van der Waals surface area contributed by atoms with Gasteiger partial charge in [-0.05, 0) is 36.6 Å². The third-order valence-electron chi connectivity index (χ3n) is 4.83. The van der Waals surface area contributed by atoms with Gasteiger partial charge in [0.05, 0.1) is 12.2 Å². The van der Waals surface area contributed by atoms with Gasteiger partial charge in [0.2, 0.25) is 0 Å². The number of benzene rings is 3. The van der Waals surface area contributed by atoms with Gasteiger partial charge in [-0.1, -0.05) is 48.5 Å². The van der Waals surface area contributed by atoms with Gasteiger partial charge in [0.1, 0.15) is 17.1 Å². The molecule has 0 radical (unpaired) electrons. The standard InChI is InChI=1S/C25H20N2O4/c1-2-31-25(30)21-14-17(15-26-24(21)27-18-9-4-3-5-10-18)22(28)20-13-12-16-8-6-7-11-19(16)23(20)29/h3-15,29H,2H2,1H3,(H,26,27). The van der Waals surface area contributed by atoms with E-state index in [0.29, 0.717) is 5.39 Å². The van der Waals surface area contributed by atoms with Crippen LogP contribution in [0.3, 0.4) is 0 Å². The molecule has 154 valence electrons. The fraction of sp³-hybridized carbons (Fsp3) is 0.0800. The lowest BCUT2D eigenvalue weighted by Crippen LogP contribution is -2.12. The average molecular weight is 412 g/mol. The van der Waals surface area contributed by atoms with Gasteiger partial charge < -0.3 is 15.2 Å². The fourth-order valence-electron chi connectivity index (χ4n) is 3.31. The van der Waals surface area contributed by atoms with Crippen LogP contribution < -0.4 is 5.32 Å². The predicted octanol–water partition coefficient (Wildman–Crippen LogP) is 5.09. The first-order valence-corrected chi connectivity index (χ1v) is 9.83. The topological polar surface area (TPSA) is 88.5 Å². The molecule has 6 heteroatoms. The molecule has 2 N–H and O–H groups in total. The number of carbonyl (C=O) groups is 2. The van der Waals surface area contributed by atoms with E-state index in [1.54, 1.807) is 31.2 Å². The van der Waals surface area contributed by atoms with Crippen molar-refractivity contribution in [2.75, 3.05) is 11.9 Å². The first-order valence-electron chi connectivity index (χ1n) is 9.83. The monoisotopic (exact) mass is 412 g/mol. The summed E-state index contributed by atoms with van der Waals surface area (Å²) in [5.41, 5.74) is 1.19. The van der Waals surface area contributed by atoms with Crippen LogP contribution in [-0.2, 0) is 4.74 Å². The molecule has 0 saturated heterocycles. The number of aromatic nitrogens is 1. The summed E-state index contributed by atoms with van der Waals surface area (Å²) < 4.78 is 5.15. The van der Waals surface area contributed by atoms with Gasteiger partial charge in [0.15, 0.2) is 5.78 Å². The number of hydrogen-bond acceptors (Lipinski definition) is 6. The van der Waals surface area contributed by atoms with Crippen LogP contribution in [-0.4, -0.2) is 28.4 Å². The van der Waals surface area contributed by atoms with Crippen LogP contribution in [0.25, 0.3) is 10.8 Å². The van der Waals surface area contributed by atoms with E-state index in [1.165, 1.54) is 12.3 Å². The Morgan fingerprint density at radius 2 is 1.71 bits per heavy atom. The zero-order valence-corrected chi connectivity index (χ0v) is 16.8. The summed E-state index contributed by atoms with van der Waals surface area (Å²) in [5.74, 6) is -0.852. The second-order valence-electron chi connectivity index (χ2n) is 6.84. The zero-order valence-electron chi connectivity index (χ0n) is 16.8. The molecule has 3 aromatic carbocycles. The Labute approximate surface area is 179 Å². The molecule has 0 aliphatic carbocycles. The molecule has 0 amide bonds. The maximum atomic E-state index is 13.1. The third-order valence-corrected chi connectivity index (χ3v) is 4.83. The SMILES string of the molecule is CCOC(=O)c1cc(C(=O)c2ccc3ccccc3c2O)cnc1Nc1ccccc1. The van der Waals surface area contributed by atoms with Crippen molar-refractivity contribution in [3.05, 3.63) is 95.7 Å². The lowest BCUT2D eigenvalue weighted by molar-refractivity contribution is 0.0527. The molecule has 4 rings (SSSR count). The molecule has 0 unspecified atom stereocenters. The molecule has 6 nitrogen and oxygen atoms in total. The van der Waals surface area contributed by atoms with Gasteiger partial charge in [0.25, 0.3) is 0 Å². The van der Waals surface area contributed by atoms with Crippen LogP contribution in [0, 0.1) is 0 Å². The number of para-hydroxylation sites is 1. The number of aromatic hydroxyl groups is 1. The van der Waals surface area contributed by atoms with Crippen molar-refractivity contribution in [2.45, 2.75) is 6.92 Å². The maximum absolute atomic E-state index is 13.1. The highest BCUT2D eigenvalue weighted by molar-refractivity contribution is 6.14. The number of esters is 1. The van der Waals surface area contributed by atoms with Gasteiger partial charge in [-0.25, -0.2) is 9.78 Å². The van der Waals surface area contributed by atoms with Crippen LogP contribution in [0.4, 0.5) is 11.5 Å². The van der Waals surface area contributed by atoms with Crippen molar-refractivity contribution >= 4 is 34.0 Å². The Bertz CT molecular complexity index is 1270. The van der Waals surface area contributed by atoms with Crippen LogP contribution in [0.5, 0.6) is 5.75 Å². The van der Waals surface area contributed by atoms with Gasteiger partial charge in [-0.3, -0.25) is 4.79 Å². The normalized spacial score (nSPS) is 10.6. The quantitative estimate of drug-likeness (QED) is 0.339. The van der Waals surface area contributed by atoms with E-state index in [-0.39, 0.29) is 34.9 Å². The van der Waals surface area contributed by atoms with E-state index in [2.05, 4.69) is 10.3 Å². The number of nitrogens with zero attached hydrogens (tertiary/aromatic N) is 1. The number of pyridine rings is 1. The van der Waals surface area contributed by atoms with Crippen LogP contribution >= 0.6 is 0 Å². The number of fused-ring (bicyclic) bond motifs is 1. The lowest BCUT2D eigenvalue weighted by atomic mass is 9.98. The summed E-state index contributed by atoms with van der Waals surface area (Å²) in [7, 11) is 0. The summed E-state index contributed by atoms with van der Waals surface area (Å²) in [4.78, 5) is 30.0. The summed E-state index contributed by atoms with van der Waals surface area (Å²) in [6.07, 6.45) is 1.38. The number of phenols is 1. The van der Waals surface area contributed by atoms with Gasteiger partial charge in [-0.2, -0.15) is 0 Å². The number of nitrogens with one attached hydrogen (secondary N) is 1. The molecule has 0 atom stereocenters. The number of carbonyl (C=O) groups excluding carboxylic acids is 2. The van der Waals surface area contributed by atoms with E-state index in [9.17, 15) is 14.7 Å². The minimum absolute atomic E-state index is 0.104. The molecule has 4 aromatic rings. The van der Waals surface area contributed by atoms with Crippen LogP contribution in [0.15, 0.2) is 79.0 Å². The molecule has 0 spiro atoms. The first kappa shape index (κ1) is 20.1. The van der Waals surface area contributed by atoms with Crippen molar-refractivity contribution in [3.8, 4) is 5.75 Å². The number of phenolic OH excluding ortho intramolecular Hbond substituents is 1. The molecule has 1 aromatic heterocycles. The Balaban J connectivity index is 1.75. The van der Waals surface area contributed by atoms with Crippen molar-refractivity contribution in [1.82, 2.24) is 4.98 Å². The number of ketones is 1. The first-order chi connectivity index (χ1) is 15.1. The van der Waals surface area contributed by atoms with Crippen molar-refractivity contribution in [2.24, 2.45) is 0 Å². The zero-order chi connectivity index (χ0) is 21.8. The van der Waals surface area contributed by atoms with Crippen molar-refractivity contribution in [1.29, 1.82) is 0 Å². The van der Waals surface area contributed by atoms with E-state index < -0.39 is 11.8 Å². The highest BCUT2D eigenvalue weighted by atomic mass is 16.5. The molecule has 1 heterocycles. The molecule has 0 aliphatic rings. The molecule has 0 aliphatic heterocycles. The van der Waals surface area contributed by atoms with Crippen molar-refractivity contribution in [3.63, 3.8) is 0 Å². The van der Waals surface area contributed by atoms with E-state index in [4.69, 9.17) is 4.74 Å². The van der Waals surface area contributed by atoms with Gasteiger partial charge in [-0.15, -0.1) is 0 Å². The maximum Gasteiger partial charge on any atom is 0.341 e. The Morgan fingerprint density at radius 3 is 2.48 bits per heavy atom. The largest absolute Gasteiger partial charge is 0.507 e. The lowest BCUT2D eigenvalue weighted by Gasteiger charge is -2.12. The predicted molar refractivity (Wildman–Crippen MR) is 119 cm³/mol. The minimum Gasteiger partial charge on any atom is -0.507 e. The van der Waals surface area contributed by atoms with Crippen LogP contribution in [0.1, 0.15) is 33.2 Å². The molecule has 31 heavy (non-hydrogen) atoms. The van der Waals surface area contributed by atoms with Crippen LogP contribution in [0.2, 0.25) is 0 Å². The second kappa shape index (κ2) is 8.67. The van der Waals surface area contributed by atoms with Crippen molar-refractivity contribution < 1.29 is 19.4 Å². The molecule has 0 bridgehead atoms. The number of hydrogen-bond donors (Lipinski definition) is 2. The Kier molecular flexibility index (Phi) is 5.62. The fourth-order valence-corrected chi connectivity index (χ4v) is 3.31. The summed E-state index contributed by atoms with van der Waals surface area (Å²) in [6, 6.07) is 21.3. The highest BCUT2D eigenvalue weighted by Gasteiger charge is 2.21. The summed E-state index contributed by atoms with van der Waals surface area (Å²) in [5, 5.41) is 15.1. The van der Waals surface area contributed by atoms with Gasteiger partial charge >= 0.3 is 5.97 Å². The summed E-state index contributed by atoms with van der Waals surface area (Å²) >= 11 is 0. The Hall–Kier alpha value is -4.19. The summed E-state index contributed by atoms with van der Waals surface area (Å²) in [6.45, 7) is 1.89. The molecule has 0 saturated carbocycles. The number of ether oxygens (including phenoxy) is 1. The Morgan fingerprint density at radius 1 is 0.968 bits per heavy atom. The van der Waals surface area contributed by atoms with E-state index in [1.807, 2.05) is 42.5 Å². The minimum atomic E-state index is -0.592. The highest BCUT2D eigenvalue weighted by Crippen LogP contribution is 2.31. The van der Waals surface area contributed by atoms with E-state index >= 15 is 0 Å². The smallest absolute Gasteiger partial charge is 0.341 e. The molecule has 0 fully saturated rings. The number of anilines is 2. The third kappa shape index (κ3) is 4.09.